The van der Waals surface area contributed by atoms with Gasteiger partial charge in [0.25, 0.3) is 5.56 Å². The minimum atomic E-state index is -0.152. The van der Waals surface area contributed by atoms with Crippen LogP contribution in [0.15, 0.2) is 65.5 Å². The summed E-state index contributed by atoms with van der Waals surface area (Å²) in [6, 6.07) is 19.2. The van der Waals surface area contributed by atoms with E-state index >= 15 is 0 Å². The van der Waals surface area contributed by atoms with Gasteiger partial charge in [-0.2, -0.15) is 0 Å². The van der Waals surface area contributed by atoms with E-state index in [1.54, 1.807) is 13.2 Å². The van der Waals surface area contributed by atoms with E-state index in [9.17, 15) is 4.79 Å². The third kappa shape index (κ3) is 2.16. The molecule has 4 rings (SSSR count). The Hall–Kier alpha value is -3.14. The molecule has 1 heterocycles. The fourth-order valence-electron chi connectivity index (χ4n) is 2.87. The summed E-state index contributed by atoms with van der Waals surface area (Å²) in [5.74, 6) is 1.20. The van der Waals surface area contributed by atoms with E-state index in [0.29, 0.717) is 22.5 Å². The van der Waals surface area contributed by atoms with Crippen LogP contribution in [-0.4, -0.2) is 17.1 Å². The van der Waals surface area contributed by atoms with Crippen LogP contribution in [0.3, 0.4) is 0 Å². The average Bonchev–Trinajstić information content (AvgIpc) is 2.60. The van der Waals surface area contributed by atoms with Crippen molar-refractivity contribution in [3.05, 3.63) is 71.0 Å². The minimum Gasteiger partial charge on any atom is -0.496 e. The molecule has 0 aliphatic carbocycles. The van der Waals surface area contributed by atoms with Crippen molar-refractivity contribution >= 4 is 21.7 Å². The van der Waals surface area contributed by atoms with Crippen LogP contribution in [-0.2, 0) is 0 Å². The number of rotatable bonds is 2. The Labute approximate surface area is 132 Å². The molecule has 1 aromatic heterocycles. The van der Waals surface area contributed by atoms with Crippen molar-refractivity contribution in [3.63, 3.8) is 0 Å². The van der Waals surface area contributed by atoms with Crippen LogP contribution in [0.25, 0.3) is 33.1 Å². The standard InChI is InChI=1S/C19H14N2O2/c1-23-16-11-10-12-6-2-3-7-13(12)17(16)18-20-15-9-5-4-8-14(15)19(22)21-18/h2-11H,1H3,(H,20,21,22). The number of hydrogen-bond acceptors (Lipinski definition) is 3. The van der Waals surface area contributed by atoms with Gasteiger partial charge in [0.15, 0.2) is 0 Å². The minimum absolute atomic E-state index is 0.152. The van der Waals surface area contributed by atoms with Crippen LogP contribution >= 0.6 is 0 Å². The van der Waals surface area contributed by atoms with Crippen LogP contribution < -0.4 is 10.3 Å². The molecule has 23 heavy (non-hydrogen) atoms. The number of aromatic amines is 1. The number of nitrogens with zero attached hydrogens (tertiary/aromatic N) is 1. The van der Waals surface area contributed by atoms with Crippen molar-refractivity contribution in [1.29, 1.82) is 0 Å². The van der Waals surface area contributed by atoms with E-state index in [1.807, 2.05) is 54.6 Å². The molecule has 0 spiro atoms. The molecule has 0 amide bonds. The number of para-hydroxylation sites is 1. The van der Waals surface area contributed by atoms with Gasteiger partial charge in [0, 0.05) is 0 Å². The normalized spacial score (nSPS) is 11.0. The van der Waals surface area contributed by atoms with Crippen LogP contribution in [0.1, 0.15) is 0 Å². The monoisotopic (exact) mass is 302 g/mol. The molecule has 4 aromatic rings. The molecule has 4 nitrogen and oxygen atoms in total. The number of ether oxygens (including phenoxy) is 1. The number of benzene rings is 3. The molecule has 0 bridgehead atoms. The van der Waals surface area contributed by atoms with Crippen molar-refractivity contribution in [2.24, 2.45) is 0 Å². The SMILES string of the molecule is COc1ccc2ccccc2c1-c1nc2ccccc2c(=O)[nH]1. The first-order chi connectivity index (χ1) is 11.3. The number of nitrogens with one attached hydrogen (secondary N) is 1. The van der Waals surface area contributed by atoms with Crippen molar-refractivity contribution < 1.29 is 4.74 Å². The Morgan fingerprint density at radius 1 is 0.913 bits per heavy atom. The molecule has 0 aliphatic heterocycles. The molecular weight excluding hydrogens is 288 g/mol. The van der Waals surface area contributed by atoms with Gasteiger partial charge in [-0.15, -0.1) is 0 Å². The number of fused-ring (bicyclic) bond motifs is 2. The van der Waals surface area contributed by atoms with Gasteiger partial charge in [0.2, 0.25) is 0 Å². The van der Waals surface area contributed by atoms with Crippen LogP contribution in [0.2, 0.25) is 0 Å². The van der Waals surface area contributed by atoms with Crippen LogP contribution in [0.4, 0.5) is 0 Å². The van der Waals surface area contributed by atoms with Gasteiger partial charge in [0.1, 0.15) is 11.6 Å². The Morgan fingerprint density at radius 3 is 2.48 bits per heavy atom. The molecule has 0 saturated heterocycles. The summed E-state index contributed by atoms with van der Waals surface area (Å²) in [6.45, 7) is 0. The zero-order chi connectivity index (χ0) is 15.8. The molecule has 0 saturated carbocycles. The third-order valence-electron chi connectivity index (χ3n) is 3.96. The van der Waals surface area contributed by atoms with Crippen molar-refractivity contribution in [2.75, 3.05) is 7.11 Å². The summed E-state index contributed by atoms with van der Waals surface area (Å²) in [5.41, 5.74) is 1.32. The number of methoxy groups -OCH3 is 1. The van der Waals surface area contributed by atoms with Gasteiger partial charge >= 0.3 is 0 Å². The Bertz CT molecular complexity index is 1080. The lowest BCUT2D eigenvalue weighted by Gasteiger charge is -2.12. The molecule has 4 heteroatoms. The highest BCUT2D eigenvalue weighted by molar-refractivity contribution is 5.98. The van der Waals surface area contributed by atoms with Gasteiger partial charge in [0.05, 0.1) is 23.6 Å². The first kappa shape index (κ1) is 13.5. The molecule has 0 atom stereocenters. The second kappa shape index (κ2) is 5.25. The Kier molecular flexibility index (Phi) is 3.08. The van der Waals surface area contributed by atoms with Crippen LogP contribution in [0, 0.1) is 0 Å². The largest absolute Gasteiger partial charge is 0.496 e. The van der Waals surface area contributed by atoms with E-state index in [4.69, 9.17) is 4.74 Å². The molecule has 0 radical (unpaired) electrons. The molecule has 0 aliphatic rings. The van der Waals surface area contributed by atoms with E-state index in [0.717, 1.165) is 16.3 Å². The fraction of sp³-hybridized carbons (Fsp3) is 0.0526. The molecule has 0 unspecified atom stereocenters. The highest BCUT2D eigenvalue weighted by atomic mass is 16.5. The van der Waals surface area contributed by atoms with Crippen molar-refractivity contribution in [1.82, 2.24) is 9.97 Å². The maximum atomic E-state index is 12.4. The highest BCUT2D eigenvalue weighted by Gasteiger charge is 2.14. The first-order valence-corrected chi connectivity index (χ1v) is 7.33. The van der Waals surface area contributed by atoms with Gasteiger partial charge in [-0.3, -0.25) is 4.79 Å². The van der Waals surface area contributed by atoms with Gasteiger partial charge in [-0.05, 0) is 29.0 Å². The highest BCUT2D eigenvalue weighted by Crippen LogP contribution is 2.35. The summed E-state index contributed by atoms with van der Waals surface area (Å²) in [6.07, 6.45) is 0. The molecular formula is C19H14N2O2. The lowest BCUT2D eigenvalue weighted by Crippen LogP contribution is -2.10. The number of hydrogen-bond donors (Lipinski definition) is 1. The van der Waals surface area contributed by atoms with E-state index in [2.05, 4.69) is 9.97 Å². The fourth-order valence-corrected chi connectivity index (χ4v) is 2.87. The molecule has 1 N–H and O–H groups in total. The third-order valence-corrected chi connectivity index (χ3v) is 3.96. The summed E-state index contributed by atoms with van der Waals surface area (Å²) in [7, 11) is 1.62. The average molecular weight is 302 g/mol. The smallest absolute Gasteiger partial charge is 0.259 e. The van der Waals surface area contributed by atoms with Gasteiger partial charge < -0.3 is 9.72 Å². The van der Waals surface area contributed by atoms with Crippen LogP contribution in [0.5, 0.6) is 5.75 Å². The lowest BCUT2D eigenvalue weighted by atomic mass is 10.0. The van der Waals surface area contributed by atoms with Crippen molar-refractivity contribution in [3.8, 4) is 17.1 Å². The Morgan fingerprint density at radius 2 is 1.65 bits per heavy atom. The second-order valence-electron chi connectivity index (χ2n) is 5.30. The predicted octanol–water partition coefficient (Wildman–Crippen LogP) is 3.75. The lowest BCUT2D eigenvalue weighted by molar-refractivity contribution is 0.416. The second-order valence-corrected chi connectivity index (χ2v) is 5.30. The number of aromatic nitrogens is 2. The maximum Gasteiger partial charge on any atom is 0.259 e. The molecule has 0 fully saturated rings. The van der Waals surface area contributed by atoms with Crippen molar-refractivity contribution in [2.45, 2.75) is 0 Å². The summed E-state index contributed by atoms with van der Waals surface area (Å²) in [5, 5.41) is 2.64. The zero-order valence-electron chi connectivity index (χ0n) is 12.5. The summed E-state index contributed by atoms with van der Waals surface area (Å²) < 4.78 is 5.50. The van der Waals surface area contributed by atoms with E-state index < -0.39 is 0 Å². The summed E-state index contributed by atoms with van der Waals surface area (Å²) in [4.78, 5) is 19.9. The van der Waals surface area contributed by atoms with Gasteiger partial charge in [-0.25, -0.2) is 4.98 Å². The predicted molar refractivity (Wildman–Crippen MR) is 91.9 cm³/mol. The zero-order valence-corrected chi connectivity index (χ0v) is 12.5. The van der Waals surface area contributed by atoms with Gasteiger partial charge in [-0.1, -0.05) is 42.5 Å². The first-order valence-electron chi connectivity index (χ1n) is 7.33. The van der Waals surface area contributed by atoms with E-state index in [-0.39, 0.29) is 5.56 Å². The van der Waals surface area contributed by atoms with E-state index in [1.165, 1.54) is 0 Å². The Balaban J connectivity index is 2.11. The quantitative estimate of drug-likeness (QED) is 0.613. The number of H-pyrrole nitrogens is 1. The topological polar surface area (TPSA) is 55.0 Å². The maximum absolute atomic E-state index is 12.4. The summed E-state index contributed by atoms with van der Waals surface area (Å²) >= 11 is 0. The molecule has 3 aromatic carbocycles. The molecule has 112 valence electrons.